The van der Waals surface area contributed by atoms with Gasteiger partial charge in [-0.25, -0.2) is 8.78 Å². The molecule has 0 aliphatic heterocycles. The maximum atomic E-state index is 13.1. The van der Waals surface area contributed by atoms with Gasteiger partial charge < -0.3 is 9.08 Å². The van der Waals surface area contributed by atoms with Gasteiger partial charge in [-0.2, -0.15) is 8.42 Å². The van der Waals surface area contributed by atoms with Crippen LogP contribution in [0.25, 0.3) is 0 Å². The molecule has 8 heteroatoms. The van der Waals surface area contributed by atoms with Crippen molar-refractivity contribution >= 4 is 16.0 Å². The minimum absolute atomic E-state index is 0.0206. The largest absolute Gasteiger partial charge is 0.379 e. The Labute approximate surface area is 192 Å². The van der Waals surface area contributed by atoms with Crippen LogP contribution in [0.2, 0.25) is 0 Å². The number of rotatable bonds is 9. The molecule has 174 valence electrons. The number of halogens is 2. The fraction of sp³-hybridized carbons (Fsp3) is 0.240. The number of amides is 1. The smallest absolute Gasteiger partial charge is 0.339 e. The molecule has 0 radical (unpaired) electrons. The summed E-state index contributed by atoms with van der Waals surface area (Å²) in [5.41, 5.74) is 1.53. The van der Waals surface area contributed by atoms with Crippen LogP contribution in [-0.4, -0.2) is 25.3 Å². The Bertz CT molecular complexity index is 1180. The Morgan fingerprint density at radius 1 is 0.879 bits per heavy atom. The van der Waals surface area contributed by atoms with Gasteiger partial charge in [-0.3, -0.25) is 4.79 Å². The van der Waals surface area contributed by atoms with Crippen molar-refractivity contribution in [3.05, 3.63) is 95.6 Å². The van der Waals surface area contributed by atoms with E-state index in [1.54, 1.807) is 29.2 Å². The molecular formula is C25H25F2NO4S. The summed E-state index contributed by atoms with van der Waals surface area (Å²) in [6.45, 7) is 4.27. The molecule has 1 amide bonds. The highest BCUT2D eigenvalue weighted by Crippen LogP contribution is 2.21. The molecule has 33 heavy (non-hydrogen) atoms. The molecule has 0 saturated carbocycles. The molecular weight excluding hydrogens is 448 g/mol. The molecule has 3 aromatic carbocycles. The van der Waals surface area contributed by atoms with Crippen LogP contribution >= 0.6 is 0 Å². The average molecular weight is 474 g/mol. The topological polar surface area (TPSA) is 63.7 Å². The lowest BCUT2D eigenvalue weighted by molar-refractivity contribution is -0.133. The first-order chi connectivity index (χ1) is 15.7. The lowest BCUT2D eigenvalue weighted by Crippen LogP contribution is -2.38. The van der Waals surface area contributed by atoms with Crippen LogP contribution in [0.3, 0.4) is 0 Å². The molecule has 0 N–H and O–H groups in total. The summed E-state index contributed by atoms with van der Waals surface area (Å²) in [6, 6.07) is 16.6. The number of carbonyl (C=O) groups is 1. The van der Waals surface area contributed by atoms with Crippen LogP contribution in [0.5, 0.6) is 5.75 Å². The number of hydrogen-bond donors (Lipinski definition) is 0. The maximum absolute atomic E-state index is 13.1. The highest BCUT2D eigenvalue weighted by Gasteiger charge is 2.20. The minimum atomic E-state index is -4.09. The fourth-order valence-corrected chi connectivity index (χ4v) is 4.14. The number of carbonyl (C=O) groups excluding carboxylic acids is 1. The van der Waals surface area contributed by atoms with Gasteiger partial charge in [0.15, 0.2) is 0 Å². The van der Waals surface area contributed by atoms with Crippen LogP contribution in [0, 0.1) is 11.6 Å². The Hall–Kier alpha value is -3.26. The van der Waals surface area contributed by atoms with E-state index in [1.165, 1.54) is 24.3 Å². The van der Waals surface area contributed by atoms with E-state index in [4.69, 9.17) is 4.18 Å². The quantitative estimate of drug-likeness (QED) is 0.406. The summed E-state index contributed by atoms with van der Waals surface area (Å²) in [6.07, 6.45) is 0.911. The van der Waals surface area contributed by atoms with E-state index in [-0.39, 0.29) is 34.8 Å². The molecule has 0 heterocycles. The van der Waals surface area contributed by atoms with Gasteiger partial charge >= 0.3 is 10.1 Å². The van der Waals surface area contributed by atoms with E-state index < -0.39 is 15.9 Å². The van der Waals surface area contributed by atoms with Crippen molar-refractivity contribution in [2.24, 2.45) is 0 Å². The summed E-state index contributed by atoms with van der Waals surface area (Å²) in [5, 5.41) is 0. The Morgan fingerprint density at radius 2 is 1.39 bits per heavy atom. The lowest BCUT2D eigenvalue weighted by Gasteiger charge is -2.29. The molecule has 5 nitrogen and oxygen atoms in total. The summed E-state index contributed by atoms with van der Waals surface area (Å²) in [4.78, 5) is 14.5. The monoisotopic (exact) mass is 473 g/mol. The van der Waals surface area contributed by atoms with Crippen molar-refractivity contribution < 1.29 is 26.2 Å². The normalized spacial score (nSPS) is 12.2. The van der Waals surface area contributed by atoms with Gasteiger partial charge in [0.05, 0.1) is 6.42 Å². The van der Waals surface area contributed by atoms with Crippen molar-refractivity contribution in [1.82, 2.24) is 4.90 Å². The van der Waals surface area contributed by atoms with Gasteiger partial charge in [0, 0.05) is 12.6 Å². The molecule has 3 aromatic rings. The predicted molar refractivity (Wildman–Crippen MR) is 121 cm³/mol. The molecule has 0 aliphatic rings. The van der Waals surface area contributed by atoms with E-state index in [0.29, 0.717) is 6.54 Å². The Balaban J connectivity index is 1.70. The minimum Gasteiger partial charge on any atom is -0.379 e. The van der Waals surface area contributed by atoms with E-state index in [0.717, 1.165) is 41.8 Å². The fourth-order valence-electron chi connectivity index (χ4n) is 3.21. The van der Waals surface area contributed by atoms with Crippen LogP contribution < -0.4 is 4.18 Å². The summed E-state index contributed by atoms with van der Waals surface area (Å²) in [5.74, 6) is -0.877. The van der Waals surface area contributed by atoms with Crippen molar-refractivity contribution in [3.8, 4) is 5.75 Å². The van der Waals surface area contributed by atoms with Crippen LogP contribution in [-0.2, 0) is 27.9 Å². The zero-order valence-corrected chi connectivity index (χ0v) is 19.2. The third kappa shape index (κ3) is 6.61. The van der Waals surface area contributed by atoms with Crippen molar-refractivity contribution in [2.75, 3.05) is 0 Å². The summed E-state index contributed by atoms with van der Waals surface area (Å²) >= 11 is 0. The molecule has 0 aromatic heterocycles. The van der Waals surface area contributed by atoms with Gasteiger partial charge in [0.2, 0.25) is 5.91 Å². The SMILES string of the molecule is CCC(C)N(Cc1ccc(OS(=O)(=O)c2ccc(F)cc2)cc1)C(=O)Cc1ccc(F)cc1. The molecule has 1 atom stereocenters. The summed E-state index contributed by atoms with van der Waals surface area (Å²) < 4.78 is 56.1. The van der Waals surface area contributed by atoms with Crippen LogP contribution in [0.15, 0.2) is 77.7 Å². The first-order valence-electron chi connectivity index (χ1n) is 10.5. The highest BCUT2D eigenvalue weighted by molar-refractivity contribution is 7.87. The van der Waals surface area contributed by atoms with Gasteiger partial charge in [0.1, 0.15) is 22.3 Å². The van der Waals surface area contributed by atoms with Gasteiger partial charge in [-0.05, 0) is 73.0 Å². The number of nitrogens with zero attached hydrogens (tertiary/aromatic N) is 1. The molecule has 0 aliphatic carbocycles. The molecule has 0 fully saturated rings. The third-order valence-corrected chi connectivity index (χ3v) is 6.56. The van der Waals surface area contributed by atoms with E-state index in [9.17, 15) is 22.0 Å². The van der Waals surface area contributed by atoms with Gasteiger partial charge in [-0.15, -0.1) is 0 Å². The molecule has 0 spiro atoms. The zero-order chi connectivity index (χ0) is 24.0. The zero-order valence-electron chi connectivity index (χ0n) is 18.4. The van der Waals surface area contributed by atoms with Gasteiger partial charge in [0.25, 0.3) is 0 Å². The third-order valence-electron chi connectivity index (χ3n) is 5.30. The second-order valence-corrected chi connectivity index (χ2v) is 9.26. The Kier molecular flexibility index (Phi) is 7.81. The number of benzene rings is 3. The second-order valence-electron chi connectivity index (χ2n) is 7.72. The number of hydrogen-bond acceptors (Lipinski definition) is 4. The van der Waals surface area contributed by atoms with Gasteiger partial charge in [-0.1, -0.05) is 31.2 Å². The summed E-state index contributed by atoms with van der Waals surface area (Å²) in [7, 11) is -4.09. The average Bonchev–Trinajstić information content (AvgIpc) is 2.79. The molecule has 3 rings (SSSR count). The Morgan fingerprint density at radius 3 is 1.94 bits per heavy atom. The highest BCUT2D eigenvalue weighted by atomic mass is 32.2. The molecule has 0 saturated heterocycles. The van der Waals surface area contributed by atoms with Crippen molar-refractivity contribution in [1.29, 1.82) is 0 Å². The predicted octanol–water partition coefficient (Wildman–Crippen LogP) is 5.10. The van der Waals surface area contributed by atoms with Crippen LogP contribution in [0.4, 0.5) is 8.78 Å². The second kappa shape index (κ2) is 10.6. The van der Waals surface area contributed by atoms with E-state index >= 15 is 0 Å². The standard InChI is InChI=1S/C25H25F2NO4S/c1-3-18(2)28(25(29)16-19-4-8-21(26)9-5-19)17-20-6-12-23(13-7-20)32-33(30,31)24-14-10-22(27)11-15-24/h4-15,18H,3,16-17H2,1-2H3. The first-order valence-corrected chi connectivity index (χ1v) is 11.9. The maximum Gasteiger partial charge on any atom is 0.339 e. The van der Waals surface area contributed by atoms with Crippen LogP contribution in [0.1, 0.15) is 31.4 Å². The molecule has 1 unspecified atom stereocenters. The van der Waals surface area contributed by atoms with E-state index in [1.807, 2.05) is 13.8 Å². The van der Waals surface area contributed by atoms with Crippen molar-refractivity contribution in [3.63, 3.8) is 0 Å². The van der Waals surface area contributed by atoms with E-state index in [2.05, 4.69) is 0 Å². The molecule has 0 bridgehead atoms. The van der Waals surface area contributed by atoms with Crippen molar-refractivity contribution in [2.45, 2.75) is 44.2 Å². The first kappa shape index (κ1) is 24.4. The lowest BCUT2D eigenvalue weighted by atomic mass is 10.1.